The molecule has 2 aliphatic heterocycles. The van der Waals surface area contributed by atoms with Crippen LogP contribution in [0.3, 0.4) is 0 Å². The summed E-state index contributed by atoms with van der Waals surface area (Å²) in [6.07, 6.45) is -4.66. The molecule has 43 heavy (non-hydrogen) atoms. The normalized spacial score (nSPS) is 52.2. The molecule has 250 valence electrons. The average molecular weight is 617 g/mol. The molecule has 4 rings (SSSR count). The largest absolute Gasteiger partial charge is 0.390 e. The zero-order valence-electron chi connectivity index (χ0n) is 26.6. The van der Waals surface area contributed by atoms with Gasteiger partial charge in [0.1, 0.15) is 36.6 Å². The fraction of sp³-hybridized carbons (Fsp3) is 0.938. The van der Waals surface area contributed by atoms with E-state index in [0.29, 0.717) is 25.9 Å². The van der Waals surface area contributed by atoms with Gasteiger partial charge in [-0.2, -0.15) is 0 Å². The lowest BCUT2D eigenvalue weighted by Gasteiger charge is -2.62. The molecule has 0 aromatic carbocycles. The molecule has 2 saturated heterocycles. The highest BCUT2D eigenvalue weighted by Crippen LogP contribution is 2.63. The standard InChI is InChI=1S/C32H56O11/c1-8-30(5,43-28-26(38)24(36)22(34)18(3)42-28)14-10-20-31(6)13-9-12-29(4,19(31)11-15-32(20,7)39)16-40-27-25(37)23(35)21(33)17(2)41-27/h8,17-28,33-39H,1,9-16H2,2-7H3/t17-,18-,19+,20-,21-,22-,23+,24+,25+,26+,27+,28-,29-,30+,31+,32+/m0/s1. The van der Waals surface area contributed by atoms with Crippen LogP contribution in [0, 0.1) is 22.7 Å². The molecule has 2 heterocycles. The number of fused-ring (bicyclic) bond motifs is 1. The maximum Gasteiger partial charge on any atom is 0.187 e. The van der Waals surface area contributed by atoms with Crippen molar-refractivity contribution in [2.45, 2.75) is 159 Å². The Kier molecular flexibility index (Phi) is 10.5. The van der Waals surface area contributed by atoms with Gasteiger partial charge in [0.2, 0.25) is 0 Å². The van der Waals surface area contributed by atoms with Gasteiger partial charge in [0.05, 0.1) is 30.0 Å². The Balaban J connectivity index is 1.48. The second-order valence-electron chi connectivity index (χ2n) is 14.9. The molecule has 7 N–H and O–H groups in total. The van der Waals surface area contributed by atoms with Crippen molar-refractivity contribution in [1.29, 1.82) is 0 Å². The predicted molar refractivity (Wildman–Crippen MR) is 156 cm³/mol. The zero-order chi connectivity index (χ0) is 32.1. The molecule has 0 aromatic rings. The average Bonchev–Trinajstić information content (AvgIpc) is 2.94. The second kappa shape index (κ2) is 12.8. The van der Waals surface area contributed by atoms with E-state index in [2.05, 4.69) is 20.4 Å². The van der Waals surface area contributed by atoms with Crippen LogP contribution in [-0.2, 0) is 18.9 Å². The van der Waals surface area contributed by atoms with Gasteiger partial charge in [0.15, 0.2) is 12.6 Å². The number of hydrogen-bond acceptors (Lipinski definition) is 11. The highest BCUT2D eigenvalue weighted by molar-refractivity contribution is 5.09. The first-order chi connectivity index (χ1) is 19.9. The maximum absolute atomic E-state index is 11.8. The van der Waals surface area contributed by atoms with Crippen molar-refractivity contribution >= 4 is 0 Å². The van der Waals surface area contributed by atoms with Crippen LogP contribution in [0.15, 0.2) is 12.7 Å². The maximum atomic E-state index is 11.8. The zero-order valence-corrected chi connectivity index (χ0v) is 26.6. The Morgan fingerprint density at radius 2 is 1.40 bits per heavy atom. The molecule has 0 radical (unpaired) electrons. The molecule has 16 atom stereocenters. The third-order valence-corrected chi connectivity index (χ3v) is 11.5. The van der Waals surface area contributed by atoms with Crippen LogP contribution in [0.4, 0.5) is 0 Å². The fourth-order valence-electron chi connectivity index (χ4n) is 8.69. The van der Waals surface area contributed by atoms with Gasteiger partial charge in [-0.15, -0.1) is 6.58 Å². The van der Waals surface area contributed by atoms with Gasteiger partial charge >= 0.3 is 0 Å². The van der Waals surface area contributed by atoms with Crippen LogP contribution in [0.2, 0.25) is 0 Å². The van der Waals surface area contributed by atoms with Gasteiger partial charge in [-0.3, -0.25) is 0 Å². The van der Waals surface area contributed by atoms with E-state index in [4.69, 9.17) is 18.9 Å². The van der Waals surface area contributed by atoms with Crippen LogP contribution in [0.25, 0.3) is 0 Å². The molecule has 2 saturated carbocycles. The van der Waals surface area contributed by atoms with E-state index in [-0.39, 0.29) is 22.7 Å². The van der Waals surface area contributed by atoms with E-state index < -0.39 is 72.6 Å². The lowest BCUT2D eigenvalue weighted by atomic mass is 9.44. The third kappa shape index (κ3) is 6.74. The first-order valence-electron chi connectivity index (χ1n) is 15.9. The van der Waals surface area contributed by atoms with Crippen LogP contribution < -0.4 is 0 Å². The van der Waals surface area contributed by atoms with Crippen molar-refractivity contribution in [3.63, 3.8) is 0 Å². The fourth-order valence-corrected chi connectivity index (χ4v) is 8.69. The van der Waals surface area contributed by atoms with E-state index in [1.165, 1.54) is 0 Å². The summed E-state index contributed by atoms with van der Waals surface area (Å²) in [5.41, 5.74) is -2.39. The molecule has 0 aromatic heterocycles. The molecular weight excluding hydrogens is 560 g/mol. The molecule has 0 unspecified atom stereocenters. The minimum absolute atomic E-state index is 0.0988. The first kappa shape index (κ1) is 35.2. The van der Waals surface area contributed by atoms with Crippen molar-refractivity contribution < 1.29 is 54.7 Å². The van der Waals surface area contributed by atoms with Crippen molar-refractivity contribution in [3.8, 4) is 0 Å². The molecule has 11 nitrogen and oxygen atoms in total. The Morgan fingerprint density at radius 3 is 1.98 bits per heavy atom. The first-order valence-corrected chi connectivity index (χ1v) is 15.9. The highest BCUT2D eigenvalue weighted by Gasteiger charge is 2.59. The van der Waals surface area contributed by atoms with Gasteiger partial charge in [0, 0.05) is 0 Å². The lowest BCUT2D eigenvalue weighted by molar-refractivity contribution is -0.314. The minimum Gasteiger partial charge on any atom is -0.390 e. The Bertz CT molecular complexity index is 964. The van der Waals surface area contributed by atoms with Crippen molar-refractivity contribution in [1.82, 2.24) is 0 Å². The third-order valence-electron chi connectivity index (χ3n) is 11.5. The lowest BCUT2D eigenvalue weighted by Crippen LogP contribution is -2.61. The van der Waals surface area contributed by atoms with E-state index in [1.54, 1.807) is 19.9 Å². The molecule has 0 bridgehead atoms. The highest BCUT2D eigenvalue weighted by atomic mass is 16.7. The van der Waals surface area contributed by atoms with E-state index in [0.717, 1.165) is 25.7 Å². The molecular formula is C32H56O11. The van der Waals surface area contributed by atoms with Crippen molar-refractivity contribution in [3.05, 3.63) is 12.7 Å². The van der Waals surface area contributed by atoms with Crippen LogP contribution >= 0.6 is 0 Å². The number of hydrogen-bond donors (Lipinski definition) is 7. The summed E-state index contributed by atoms with van der Waals surface area (Å²) in [5.74, 6) is 0.0998. The molecule has 11 heteroatoms. The van der Waals surface area contributed by atoms with Crippen molar-refractivity contribution in [2.75, 3.05) is 6.61 Å². The van der Waals surface area contributed by atoms with Gasteiger partial charge in [-0.1, -0.05) is 26.3 Å². The van der Waals surface area contributed by atoms with Gasteiger partial charge < -0.3 is 54.7 Å². The predicted octanol–water partition coefficient (Wildman–Crippen LogP) is 1.37. The smallest absolute Gasteiger partial charge is 0.187 e. The van der Waals surface area contributed by atoms with Gasteiger partial charge in [-0.05, 0) is 88.9 Å². The molecule has 2 aliphatic carbocycles. The second-order valence-corrected chi connectivity index (χ2v) is 14.9. The summed E-state index contributed by atoms with van der Waals surface area (Å²) < 4.78 is 23.7. The number of rotatable bonds is 9. The summed E-state index contributed by atoms with van der Waals surface area (Å²) in [7, 11) is 0. The van der Waals surface area contributed by atoms with Gasteiger partial charge in [0.25, 0.3) is 0 Å². The SMILES string of the molecule is C=C[C@](C)(CC[C@H]1[C@]2(C)CCC[C@@](C)(CO[C@@H]3O[C@@H](C)[C@H](O)[C@@H](O)[C@H]3O)[C@H]2CC[C@@]1(C)O)O[C@@H]1O[C@@H](C)[C@H](O)[C@@H](O)[C@H]1O. The van der Waals surface area contributed by atoms with Crippen LogP contribution in [0.5, 0.6) is 0 Å². The van der Waals surface area contributed by atoms with E-state index in [9.17, 15) is 35.7 Å². The van der Waals surface area contributed by atoms with E-state index >= 15 is 0 Å². The van der Waals surface area contributed by atoms with Gasteiger partial charge in [-0.25, -0.2) is 0 Å². The van der Waals surface area contributed by atoms with Crippen molar-refractivity contribution in [2.24, 2.45) is 22.7 Å². The quantitative estimate of drug-likeness (QED) is 0.186. The summed E-state index contributed by atoms with van der Waals surface area (Å²) in [6.45, 7) is 15.7. The minimum atomic E-state index is -1.43. The Hall–Kier alpha value is -0.700. The topological polar surface area (TPSA) is 179 Å². The summed E-state index contributed by atoms with van der Waals surface area (Å²) in [6, 6.07) is 0. The van der Waals surface area contributed by atoms with E-state index in [1.807, 2.05) is 13.8 Å². The molecule has 0 spiro atoms. The summed E-state index contributed by atoms with van der Waals surface area (Å²) in [4.78, 5) is 0. The Morgan fingerprint density at radius 1 is 0.837 bits per heavy atom. The monoisotopic (exact) mass is 616 g/mol. The van der Waals surface area contributed by atoms with Crippen LogP contribution in [-0.4, -0.2) is 115 Å². The summed E-state index contributed by atoms with van der Waals surface area (Å²) >= 11 is 0. The van der Waals surface area contributed by atoms with Crippen LogP contribution in [0.1, 0.15) is 86.5 Å². The number of ether oxygens (including phenoxy) is 4. The molecule has 4 aliphatic rings. The number of aliphatic hydroxyl groups is 7. The number of aliphatic hydroxyl groups excluding tert-OH is 6. The molecule has 0 amide bonds. The summed E-state index contributed by atoms with van der Waals surface area (Å²) in [5, 5.41) is 73.5. The Labute approximate surface area is 255 Å². The molecule has 4 fully saturated rings.